The van der Waals surface area contributed by atoms with Crippen LogP contribution in [0.5, 0.6) is 0 Å². The van der Waals surface area contributed by atoms with Gasteiger partial charge in [0.05, 0.1) is 18.4 Å². The molecule has 0 saturated carbocycles. The van der Waals surface area contributed by atoms with E-state index < -0.39 is 48.7 Å². The van der Waals surface area contributed by atoms with Crippen molar-refractivity contribution in [3.8, 4) is 0 Å². The molecule has 0 aromatic carbocycles. The maximum atomic E-state index is 10.2. The van der Waals surface area contributed by atoms with E-state index in [1.54, 1.807) is 0 Å². The first kappa shape index (κ1) is 17.1. The van der Waals surface area contributed by atoms with Gasteiger partial charge in [-0.1, -0.05) is 0 Å². The summed E-state index contributed by atoms with van der Waals surface area (Å²) in [7, 11) is 0. The van der Waals surface area contributed by atoms with Crippen LogP contribution in [0.3, 0.4) is 0 Å². The Morgan fingerprint density at radius 2 is 1.73 bits per heavy atom. The number of hydrogen-bond donors (Lipinski definition) is 4. The van der Waals surface area contributed by atoms with E-state index in [0.717, 1.165) is 0 Å². The van der Waals surface area contributed by atoms with Gasteiger partial charge < -0.3 is 39.4 Å². The van der Waals surface area contributed by atoms with Gasteiger partial charge in [-0.2, -0.15) is 0 Å². The molecule has 4 N–H and O–H groups in total. The quantitative estimate of drug-likeness (QED) is 0.333. The van der Waals surface area contributed by atoms with Crippen molar-refractivity contribution in [3.63, 3.8) is 0 Å². The Morgan fingerprint density at radius 1 is 1.00 bits per heavy atom. The molecule has 0 unspecified atom stereocenters. The van der Waals surface area contributed by atoms with Crippen molar-refractivity contribution < 1.29 is 39.4 Å². The number of fused-ring (bicyclic) bond motifs is 1. The minimum Gasteiger partial charge on any atom is -0.394 e. The first-order valence-electron chi connectivity index (χ1n) is 6.91. The van der Waals surface area contributed by atoms with Crippen LogP contribution < -0.4 is 0 Å². The van der Waals surface area contributed by atoms with Gasteiger partial charge in [0.1, 0.15) is 42.7 Å². The fourth-order valence-corrected chi connectivity index (χ4v) is 3.39. The van der Waals surface area contributed by atoms with E-state index in [1.165, 1.54) is 0 Å². The second-order valence-corrected chi connectivity index (χ2v) is 6.17. The number of epoxide rings is 1. The highest BCUT2D eigenvalue weighted by molar-refractivity contribution is 6.19. The molecule has 9 atom stereocenters. The van der Waals surface area contributed by atoms with Crippen LogP contribution in [-0.4, -0.2) is 93.6 Å². The minimum atomic E-state index is -1.77. The summed E-state index contributed by atoms with van der Waals surface area (Å²) >= 11 is 11.5. The van der Waals surface area contributed by atoms with Crippen molar-refractivity contribution in [3.05, 3.63) is 0 Å². The van der Waals surface area contributed by atoms with E-state index in [1.807, 2.05) is 0 Å². The van der Waals surface area contributed by atoms with Crippen LogP contribution >= 0.6 is 23.2 Å². The third kappa shape index (κ3) is 2.65. The minimum absolute atomic E-state index is 0.0681. The molecule has 0 aromatic rings. The first-order chi connectivity index (χ1) is 10.5. The molecule has 0 bridgehead atoms. The Balaban J connectivity index is 1.75. The standard InChI is InChI=1S/C12H18Cl2O8/c13-1-4-6(16)10(18)12(3-14,21-4)22-11-7(17)9-8(20-9)5(2-15)19-11/h4-11,15-18H,1-3H2/t4-,5-,6-,7-,8+,9-,10+,11-,12+/m1/s1. The van der Waals surface area contributed by atoms with Crippen LogP contribution in [0.1, 0.15) is 0 Å². The largest absolute Gasteiger partial charge is 0.394 e. The molecule has 3 heterocycles. The maximum absolute atomic E-state index is 10.2. The lowest BCUT2D eigenvalue weighted by molar-refractivity contribution is -0.344. The highest BCUT2D eigenvalue weighted by atomic mass is 35.5. The molecule has 3 aliphatic heterocycles. The number of ether oxygens (including phenoxy) is 4. The van der Waals surface area contributed by atoms with Gasteiger partial charge >= 0.3 is 0 Å². The summed E-state index contributed by atoms with van der Waals surface area (Å²) < 4.78 is 21.7. The fraction of sp³-hybridized carbons (Fsp3) is 1.00. The van der Waals surface area contributed by atoms with Crippen LogP contribution in [0.15, 0.2) is 0 Å². The zero-order valence-electron chi connectivity index (χ0n) is 11.4. The summed E-state index contributed by atoms with van der Waals surface area (Å²) in [6, 6.07) is 0. The third-order valence-corrected chi connectivity index (χ3v) is 4.87. The summed E-state index contributed by atoms with van der Waals surface area (Å²) in [5, 5.41) is 39.4. The van der Waals surface area contributed by atoms with Gasteiger partial charge in [-0.3, -0.25) is 0 Å². The van der Waals surface area contributed by atoms with Crippen LogP contribution in [-0.2, 0) is 18.9 Å². The molecule has 0 aliphatic carbocycles. The molecule has 3 aliphatic rings. The predicted octanol–water partition coefficient (Wildman–Crippen LogP) is -1.86. The fourth-order valence-electron chi connectivity index (χ4n) is 2.86. The lowest BCUT2D eigenvalue weighted by atomic mass is 10.0. The number of hydrogen-bond acceptors (Lipinski definition) is 8. The van der Waals surface area contributed by atoms with Crippen LogP contribution in [0.25, 0.3) is 0 Å². The van der Waals surface area contributed by atoms with E-state index >= 15 is 0 Å². The second-order valence-electron chi connectivity index (χ2n) is 5.59. The molecule has 0 spiro atoms. The van der Waals surface area contributed by atoms with Gasteiger partial charge in [0.15, 0.2) is 6.29 Å². The molecule has 3 rings (SSSR count). The van der Waals surface area contributed by atoms with Gasteiger partial charge in [0.2, 0.25) is 5.79 Å². The summed E-state index contributed by atoms with van der Waals surface area (Å²) in [5.41, 5.74) is 0. The topological polar surface area (TPSA) is 121 Å². The lowest BCUT2D eigenvalue weighted by Crippen LogP contribution is -2.56. The normalized spacial score (nSPS) is 54.3. The van der Waals surface area contributed by atoms with Crippen molar-refractivity contribution in [2.24, 2.45) is 0 Å². The third-order valence-electron chi connectivity index (χ3n) is 4.19. The molecular weight excluding hydrogens is 343 g/mol. The molecule has 8 nitrogen and oxygen atoms in total. The Bertz CT molecular complexity index is 415. The smallest absolute Gasteiger partial charge is 0.214 e. The van der Waals surface area contributed by atoms with Crippen LogP contribution in [0.2, 0.25) is 0 Å². The summed E-state index contributed by atoms with van der Waals surface area (Å²) in [6.45, 7) is -0.308. The first-order valence-corrected chi connectivity index (χ1v) is 7.98. The van der Waals surface area contributed by atoms with Crippen molar-refractivity contribution in [1.29, 1.82) is 0 Å². The molecule has 10 heteroatoms. The Labute approximate surface area is 136 Å². The number of alkyl halides is 2. The lowest BCUT2D eigenvalue weighted by Gasteiger charge is -2.38. The molecule has 0 amide bonds. The zero-order chi connectivity index (χ0) is 16.1. The van der Waals surface area contributed by atoms with Gasteiger partial charge in [0, 0.05) is 0 Å². The average molecular weight is 361 g/mol. The van der Waals surface area contributed by atoms with Gasteiger partial charge in [-0.15, -0.1) is 23.2 Å². The van der Waals surface area contributed by atoms with Crippen molar-refractivity contribution in [2.75, 3.05) is 18.4 Å². The van der Waals surface area contributed by atoms with Gasteiger partial charge in [-0.25, -0.2) is 0 Å². The number of aliphatic hydroxyl groups is 4. The number of aliphatic hydroxyl groups excluding tert-OH is 4. The summed E-state index contributed by atoms with van der Waals surface area (Å²) in [6.07, 6.45) is -7.53. The van der Waals surface area contributed by atoms with E-state index in [4.69, 9.17) is 42.1 Å². The molecule has 0 radical (unpaired) electrons. The van der Waals surface area contributed by atoms with E-state index in [9.17, 15) is 20.4 Å². The number of rotatable bonds is 5. The van der Waals surface area contributed by atoms with Crippen molar-refractivity contribution in [2.45, 2.75) is 54.8 Å². The SMILES string of the molecule is OC[C@H]1O[C@H](O[C@]2(CCl)O[C@H](CCl)[C@@H](O)[C@@H]2O)[C@H](O)[C@H]2O[C@H]21. The zero-order valence-corrected chi connectivity index (χ0v) is 12.9. The molecule has 3 fully saturated rings. The Morgan fingerprint density at radius 3 is 2.27 bits per heavy atom. The van der Waals surface area contributed by atoms with Crippen LogP contribution in [0, 0.1) is 0 Å². The Hall–Kier alpha value is 0.260. The van der Waals surface area contributed by atoms with Crippen LogP contribution in [0.4, 0.5) is 0 Å². The van der Waals surface area contributed by atoms with Crippen molar-refractivity contribution in [1.82, 2.24) is 0 Å². The summed E-state index contributed by atoms with van der Waals surface area (Å²) in [5.74, 6) is -2.15. The molecular formula is C12H18Cl2O8. The van der Waals surface area contributed by atoms with E-state index in [2.05, 4.69) is 0 Å². The van der Waals surface area contributed by atoms with E-state index in [0.29, 0.717) is 0 Å². The number of halogens is 2. The second kappa shape index (κ2) is 6.29. The average Bonchev–Trinajstić information content (AvgIpc) is 3.29. The predicted molar refractivity (Wildman–Crippen MR) is 72.6 cm³/mol. The van der Waals surface area contributed by atoms with Crippen molar-refractivity contribution >= 4 is 23.2 Å². The highest BCUT2D eigenvalue weighted by Crippen LogP contribution is 2.41. The highest BCUT2D eigenvalue weighted by Gasteiger charge is 2.62. The molecule has 3 saturated heterocycles. The summed E-state index contributed by atoms with van der Waals surface area (Å²) in [4.78, 5) is 0. The molecule has 22 heavy (non-hydrogen) atoms. The van der Waals surface area contributed by atoms with Gasteiger partial charge in [0.25, 0.3) is 0 Å². The Kier molecular flexibility index (Phi) is 4.88. The maximum Gasteiger partial charge on any atom is 0.214 e. The monoisotopic (exact) mass is 360 g/mol. The van der Waals surface area contributed by atoms with E-state index in [-0.39, 0.29) is 24.5 Å². The molecule has 0 aromatic heterocycles. The molecule has 128 valence electrons. The van der Waals surface area contributed by atoms with Gasteiger partial charge in [-0.05, 0) is 0 Å².